The lowest BCUT2D eigenvalue weighted by Gasteiger charge is -2.22. The lowest BCUT2D eigenvalue weighted by molar-refractivity contribution is -0.122. The second kappa shape index (κ2) is 6.98. The van der Waals surface area contributed by atoms with Crippen LogP contribution in [0.2, 0.25) is 0 Å². The smallest absolute Gasteiger partial charge is 0.254 e. The van der Waals surface area contributed by atoms with E-state index in [2.05, 4.69) is 27.7 Å². The van der Waals surface area contributed by atoms with Gasteiger partial charge in [0.1, 0.15) is 0 Å². The Kier molecular flexibility index (Phi) is 5.30. The fraction of sp³-hybridized carbons (Fsp3) is 0.846. The van der Waals surface area contributed by atoms with Crippen molar-refractivity contribution in [3.63, 3.8) is 0 Å². The Morgan fingerprint density at radius 2 is 2.21 bits per heavy atom. The van der Waals surface area contributed by atoms with Crippen LogP contribution in [0.3, 0.4) is 0 Å². The molecule has 0 aromatic carbocycles. The van der Waals surface area contributed by atoms with Crippen molar-refractivity contribution in [1.29, 1.82) is 0 Å². The molecule has 3 N–H and O–H groups in total. The first-order valence-corrected chi connectivity index (χ1v) is 7.12. The molecule has 1 saturated heterocycles. The van der Waals surface area contributed by atoms with Gasteiger partial charge in [0, 0.05) is 19.3 Å². The highest BCUT2D eigenvalue weighted by Crippen LogP contribution is 2.22. The molecule has 0 bridgehead atoms. The van der Waals surface area contributed by atoms with Crippen molar-refractivity contribution < 1.29 is 9.90 Å². The maximum Gasteiger partial charge on any atom is 0.254 e. The van der Waals surface area contributed by atoms with E-state index >= 15 is 0 Å². The van der Waals surface area contributed by atoms with E-state index in [0.29, 0.717) is 12.5 Å². The molecular weight excluding hydrogens is 244 g/mol. The van der Waals surface area contributed by atoms with E-state index in [0.717, 1.165) is 38.8 Å². The van der Waals surface area contributed by atoms with Crippen molar-refractivity contribution in [2.75, 3.05) is 19.6 Å². The first kappa shape index (κ1) is 14.4. The average molecular weight is 268 g/mol. The van der Waals surface area contributed by atoms with Gasteiger partial charge in [-0.05, 0) is 38.5 Å². The number of rotatable bonds is 4. The van der Waals surface area contributed by atoms with Crippen LogP contribution in [0.25, 0.3) is 0 Å². The summed E-state index contributed by atoms with van der Waals surface area (Å²) in [5, 5.41) is 16.7. The summed E-state index contributed by atoms with van der Waals surface area (Å²) in [5.74, 6) is 0.318. The molecule has 0 aromatic heterocycles. The molecule has 0 aromatic rings. The van der Waals surface area contributed by atoms with Crippen molar-refractivity contribution in [3.8, 4) is 0 Å². The minimum absolute atomic E-state index is 0.0670. The summed E-state index contributed by atoms with van der Waals surface area (Å²) in [7, 11) is 0. The summed E-state index contributed by atoms with van der Waals surface area (Å²) in [6, 6.07) is 0. The molecule has 0 radical (unpaired) electrons. The summed E-state index contributed by atoms with van der Waals surface area (Å²) in [5.41, 5.74) is 2.59. The van der Waals surface area contributed by atoms with Crippen LogP contribution in [0.1, 0.15) is 32.6 Å². The van der Waals surface area contributed by atoms with Crippen LogP contribution >= 0.6 is 0 Å². The zero-order valence-corrected chi connectivity index (χ0v) is 11.5. The molecule has 1 atom stereocenters. The second-order valence-corrected chi connectivity index (χ2v) is 5.48. The quantitative estimate of drug-likeness (QED) is 0.491. The number of hydrogen-bond acceptors (Lipinski definition) is 5. The number of aliphatic hydroxyl groups is 1. The van der Waals surface area contributed by atoms with Gasteiger partial charge in [0.15, 0.2) is 0 Å². The number of nitrogens with one attached hydrogen (secondary N) is 2. The third-order valence-electron chi connectivity index (χ3n) is 3.95. The van der Waals surface area contributed by atoms with Crippen LogP contribution in [-0.4, -0.2) is 54.0 Å². The third-order valence-corrected chi connectivity index (χ3v) is 3.95. The molecule has 0 spiro atoms. The van der Waals surface area contributed by atoms with Crippen LogP contribution < -0.4 is 10.7 Å². The highest BCUT2D eigenvalue weighted by atomic mass is 16.3. The molecule has 2 aliphatic rings. The predicted molar refractivity (Wildman–Crippen MR) is 73.6 cm³/mol. The Balaban J connectivity index is 1.65. The summed E-state index contributed by atoms with van der Waals surface area (Å²) >= 11 is 0. The molecule has 1 aliphatic heterocycles. The minimum Gasteiger partial charge on any atom is -0.393 e. The Hall–Kier alpha value is -0.980. The molecule has 6 heteroatoms. The number of hydrazone groups is 1. The van der Waals surface area contributed by atoms with Crippen LogP contribution in [0.5, 0.6) is 0 Å². The molecule has 1 aliphatic carbocycles. The number of hydrogen-bond donors (Lipinski definition) is 3. The lowest BCUT2D eigenvalue weighted by atomic mass is 9.88. The third kappa shape index (κ3) is 4.56. The van der Waals surface area contributed by atoms with Crippen LogP contribution in [0.15, 0.2) is 5.10 Å². The first-order valence-electron chi connectivity index (χ1n) is 7.12. The molecule has 1 saturated carbocycles. The van der Waals surface area contributed by atoms with Gasteiger partial charge in [-0.1, -0.05) is 0 Å². The van der Waals surface area contributed by atoms with E-state index in [-0.39, 0.29) is 18.2 Å². The van der Waals surface area contributed by atoms with Gasteiger partial charge in [0.2, 0.25) is 0 Å². The van der Waals surface area contributed by atoms with Gasteiger partial charge < -0.3 is 10.4 Å². The normalized spacial score (nSPS) is 32.8. The largest absolute Gasteiger partial charge is 0.393 e. The van der Waals surface area contributed by atoms with E-state index in [1.54, 1.807) is 0 Å². The predicted octanol–water partition coefficient (Wildman–Crippen LogP) is -0.109. The number of amides is 1. The molecule has 1 heterocycles. The van der Waals surface area contributed by atoms with E-state index in [1.807, 2.05) is 6.21 Å². The van der Waals surface area contributed by atoms with Gasteiger partial charge >= 0.3 is 0 Å². The Bertz CT molecular complexity index is 327. The van der Waals surface area contributed by atoms with Gasteiger partial charge in [-0.15, -0.1) is 0 Å². The summed E-state index contributed by atoms with van der Waals surface area (Å²) in [6.45, 7) is 4.27. The number of aliphatic hydroxyl groups excluding tert-OH is 1. The molecular formula is C13H24N4O2. The van der Waals surface area contributed by atoms with Gasteiger partial charge in [-0.25, -0.2) is 5.43 Å². The van der Waals surface area contributed by atoms with Gasteiger partial charge in [-0.2, -0.15) is 5.10 Å². The maximum atomic E-state index is 11.7. The second-order valence-electron chi connectivity index (χ2n) is 5.48. The standard InChI is InChI=1S/C13H24N4O2/c1-10-14-6-7-17(10)9-13(19)16-15-8-11-2-4-12(18)5-3-11/h8,10-12,14,18H,2-7,9H2,1H3,(H,16,19). The van der Waals surface area contributed by atoms with E-state index in [4.69, 9.17) is 0 Å². The highest BCUT2D eigenvalue weighted by molar-refractivity contribution is 5.78. The monoisotopic (exact) mass is 268 g/mol. The Morgan fingerprint density at radius 3 is 2.84 bits per heavy atom. The van der Waals surface area contributed by atoms with E-state index in [9.17, 15) is 9.90 Å². The average Bonchev–Trinajstić information content (AvgIpc) is 2.78. The van der Waals surface area contributed by atoms with Gasteiger partial charge in [0.25, 0.3) is 5.91 Å². The minimum atomic E-state index is -0.150. The van der Waals surface area contributed by atoms with Crippen molar-refractivity contribution in [3.05, 3.63) is 0 Å². The zero-order valence-electron chi connectivity index (χ0n) is 11.5. The van der Waals surface area contributed by atoms with Crippen LogP contribution in [0.4, 0.5) is 0 Å². The van der Waals surface area contributed by atoms with Gasteiger partial charge in [-0.3, -0.25) is 9.69 Å². The Labute approximate surface area is 114 Å². The van der Waals surface area contributed by atoms with E-state index in [1.165, 1.54) is 0 Å². The van der Waals surface area contributed by atoms with Crippen molar-refractivity contribution in [2.24, 2.45) is 11.0 Å². The number of carbonyl (C=O) groups excluding carboxylic acids is 1. The summed E-state index contributed by atoms with van der Waals surface area (Å²) < 4.78 is 0. The fourth-order valence-corrected chi connectivity index (χ4v) is 2.64. The van der Waals surface area contributed by atoms with Crippen molar-refractivity contribution >= 4 is 12.1 Å². The topological polar surface area (TPSA) is 77.0 Å². The summed E-state index contributed by atoms with van der Waals surface area (Å²) in [4.78, 5) is 13.8. The van der Waals surface area contributed by atoms with Crippen molar-refractivity contribution in [1.82, 2.24) is 15.6 Å². The molecule has 108 valence electrons. The SMILES string of the molecule is CC1NCCN1CC(=O)NN=CC1CCC(O)CC1. The fourth-order valence-electron chi connectivity index (χ4n) is 2.64. The number of carbonyl (C=O) groups is 1. The molecule has 2 fully saturated rings. The van der Waals surface area contributed by atoms with Crippen molar-refractivity contribution in [2.45, 2.75) is 44.9 Å². The molecule has 1 amide bonds. The Morgan fingerprint density at radius 1 is 1.47 bits per heavy atom. The lowest BCUT2D eigenvalue weighted by Crippen LogP contribution is -2.39. The van der Waals surface area contributed by atoms with Crippen LogP contribution in [-0.2, 0) is 4.79 Å². The van der Waals surface area contributed by atoms with E-state index < -0.39 is 0 Å². The first-order chi connectivity index (χ1) is 9.15. The summed E-state index contributed by atoms with van der Waals surface area (Å²) in [6.07, 6.45) is 5.50. The van der Waals surface area contributed by atoms with Crippen LogP contribution in [0, 0.1) is 5.92 Å². The molecule has 6 nitrogen and oxygen atoms in total. The highest BCUT2D eigenvalue weighted by Gasteiger charge is 2.21. The maximum absolute atomic E-state index is 11.7. The number of nitrogens with zero attached hydrogens (tertiary/aromatic N) is 2. The zero-order chi connectivity index (χ0) is 13.7. The molecule has 1 unspecified atom stereocenters. The van der Waals surface area contributed by atoms with Gasteiger partial charge in [0.05, 0.1) is 18.8 Å². The molecule has 19 heavy (non-hydrogen) atoms. The molecule has 2 rings (SSSR count).